The third-order valence-corrected chi connectivity index (χ3v) is 5.72. The lowest BCUT2D eigenvalue weighted by molar-refractivity contribution is 0.443. The van der Waals surface area contributed by atoms with E-state index in [-0.39, 0.29) is 10.2 Å². The van der Waals surface area contributed by atoms with Crippen LogP contribution in [0.5, 0.6) is 0 Å². The average Bonchev–Trinajstić information content (AvgIpc) is 2.89. The monoisotopic (exact) mass is 291 g/mol. The van der Waals surface area contributed by atoms with Gasteiger partial charge in [0.25, 0.3) is 10.0 Å². The van der Waals surface area contributed by atoms with Crippen LogP contribution >= 0.6 is 11.6 Å². The molecule has 1 atom stereocenters. The van der Waals surface area contributed by atoms with Gasteiger partial charge in [0.1, 0.15) is 5.15 Å². The molecular weight excluding hydrogens is 274 g/mol. The molecule has 1 aromatic heterocycles. The van der Waals surface area contributed by atoms with Crippen LogP contribution in [0.1, 0.15) is 26.2 Å². The van der Waals surface area contributed by atoms with E-state index < -0.39 is 10.0 Å². The topological polar surface area (TPSA) is 55.2 Å². The van der Waals surface area contributed by atoms with E-state index in [1.165, 1.54) is 15.2 Å². The molecule has 2 rings (SSSR count). The quantitative estimate of drug-likeness (QED) is 0.851. The molecule has 7 heteroatoms. The van der Waals surface area contributed by atoms with Gasteiger partial charge in [0.2, 0.25) is 5.03 Å². The van der Waals surface area contributed by atoms with Gasteiger partial charge in [0.05, 0.1) is 6.33 Å². The van der Waals surface area contributed by atoms with Crippen LogP contribution < -0.4 is 0 Å². The van der Waals surface area contributed by atoms with E-state index in [0.29, 0.717) is 19.0 Å². The molecule has 0 N–H and O–H groups in total. The molecule has 5 nitrogen and oxygen atoms in total. The van der Waals surface area contributed by atoms with Gasteiger partial charge in [-0.15, -0.1) is 0 Å². The zero-order valence-electron chi connectivity index (χ0n) is 10.6. The molecule has 1 aliphatic heterocycles. The number of halogens is 1. The van der Waals surface area contributed by atoms with Crippen LogP contribution in [0.3, 0.4) is 0 Å². The van der Waals surface area contributed by atoms with Gasteiger partial charge in [0, 0.05) is 20.1 Å². The first-order valence-corrected chi connectivity index (χ1v) is 7.95. The molecule has 1 aromatic rings. The Bertz CT molecular complexity index is 526. The molecule has 1 unspecified atom stereocenters. The van der Waals surface area contributed by atoms with Crippen LogP contribution in [0, 0.1) is 5.92 Å². The highest BCUT2D eigenvalue weighted by Gasteiger charge is 2.35. The molecule has 1 aliphatic rings. The predicted octanol–water partition coefficient (Wildman–Crippen LogP) is 1.88. The fourth-order valence-electron chi connectivity index (χ4n) is 2.35. The Balaban J connectivity index is 2.20. The molecule has 18 heavy (non-hydrogen) atoms. The highest BCUT2D eigenvalue weighted by molar-refractivity contribution is 7.89. The van der Waals surface area contributed by atoms with Crippen molar-refractivity contribution in [2.75, 3.05) is 13.1 Å². The molecule has 102 valence electrons. The highest BCUT2D eigenvalue weighted by Crippen LogP contribution is 2.29. The van der Waals surface area contributed by atoms with E-state index in [4.69, 9.17) is 11.6 Å². The number of hydrogen-bond donors (Lipinski definition) is 0. The zero-order valence-corrected chi connectivity index (χ0v) is 12.2. The van der Waals surface area contributed by atoms with Crippen molar-refractivity contribution in [2.24, 2.45) is 13.0 Å². The number of aryl methyl sites for hydroxylation is 1. The second-order valence-electron chi connectivity index (χ2n) is 4.76. The van der Waals surface area contributed by atoms with E-state index in [0.717, 1.165) is 19.3 Å². The summed E-state index contributed by atoms with van der Waals surface area (Å²) in [4.78, 5) is 3.90. The summed E-state index contributed by atoms with van der Waals surface area (Å²) >= 11 is 5.96. The number of nitrogens with zero attached hydrogens (tertiary/aromatic N) is 3. The van der Waals surface area contributed by atoms with Crippen molar-refractivity contribution in [3.63, 3.8) is 0 Å². The third-order valence-electron chi connectivity index (χ3n) is 3.36. The number of sulfonamides is 1. The molecule has 0 aromatic carbocycles. The van der Waals surface area contributed by atoms with Gasteiger partial charge in [-0.25, -0.2) is 13.4 Å². The minimum Gasteiger partial charge on any atom is -0.324 e. The standard InChI is InChI=1S/C11H18ClN3O2S/c1-3-4-9-5-6-15(7-9)18(16,17)11-10(12)14(2)8-13-11/h8-9H,3-7H2,1-2H3. The largest absolute Gasteiger partial charge is 0.324 e. The van der Waals surface area contributed by atoms with E-state index in [2.05, 4.69) is 11.9 Å². The summed E-state index contributed by atoms with van der Waals surface area (Å²) in [5.41, 5.74) is 0. The number of hydrogen-bond acceptors (Lipinski definition) is 3. The maximum Gasteiger partial charge on any atom is 0.263 e. The average molecular weight is 292 g/mol. The predicted molar refractivity (Wildman–Crippen MR) is 70.0 cm³/mol. The number of rotatable bonds is 4. The Morgan fingerprint density at radius 1 is 1.56 bits per heavy atom. The lowest BCUT2D eigenvalue weighted by Gasteiger charge is -2.15. The normalized spacial score (nSPS) is 21.6. The minimum absolute atomic E-state index is 0.0242. The van der Waals surface area contributed by atoms with Crippen LogP contribution in [-0.4, -0.2) is 35.4 Å². The Kier molecular flexibility index (Phi) is 3.99. The summed E-state index contributed by atoms with van der Waals surface area (Å²) in [6, 6.07) is 0. The van der Waals surface area contributed by atoms with E-state index >= 15 is 0 Å². The summed E-state index contributed by atoms with van der Waals surface area (Å²) in [6.45, 7) is 3.27. The lowest BCUT2D eigenvalue weighted by atomic mass is 10.0. The molecule has 2 heterocycles. The van der Waals surface area contributed by atoms with Crippen LogP contribution in [0.25, 0.3) is 0 Å². The third kappa shape index (κ3) is 2.41. The van der Waals surface area contributed by atoms with E-state index in [9.17, 15) is 8.42 Å². The molecule has 0 amide bonds. The molecule has 0 bridgehead atoms. The fourth-order valence-corrected chi connectivity index (χ4v) is 4.27. The van der Waals surface area contributed by atoms with Gasteiger partial charge in [-0.3, -0.25) is 0 Å². The van der Waals surface area contributed by atoms with Crippen LogP contribution in [0.2, 0.25) is 5.15 Å². The van der Waals surface area contributed by atoms with Crippen molar-refractivity contribution < 1.29 is 8.42 Å². The SMILES string of the molecule is CCCC1CCN(S(=O)(=O)c2ncn(C)c2Cl)C1. The molecule has 0 radical (unpaired) electrons. The van der Waals surface area contributed by atoms with Gasteiger partial charge in [-0.05, 0) is 18.8 Å². The molecule has 1 fully saturated rings. The maximum absolute atomic E-state index is 12.4. The molecule has 0 spiro atoms. The summed E-state index contributed by atoms with van der Waals surface area (Å²) in [5.74, 6) is 0.465. The minimum atomic E-state index is -3.53. The van der Waals surface area contributed by atoms with Gasteiger partial charge in [-0.1, -0.05) is 24.9 Å². The molecule has 0 saturated carbocycles. The Morgan fingerprint density at radius 3 is 2.83 bits per heavy atom. The van der Waals surface area contributed by atoms with Crippen molar-refractivity contribution in [3.8, 4) is 0 Å². The van der Waals surface area contributed by atoms with Crippen molar-refractivity contribution in [1.82, 2.24) is 13.9 Å². The lowest BCUT2D eigenvalue weighted by Crippen LogP contribution is -2.29. The van der Waals surface area contributed by atoms with Gasteiger partial charge < -0.3 is 4.57 Å². The first-order chi connectivity index (χ1) is 8.46. The van der Waals surface area contributed by atoms with Crippen LogP contribution in [-0.2, 0) is 17.1 Å². The van der Waals surface area contributed by atoms with Gasteiger partial charge in [-0.2, -0.15) is 4.31 Å². The maximum atomic E-state index is 12.4. The Hall–Kier alpha value is -0.590. The molecule has 0 aliphatic carbocycles. The first kappa shape index (κ1) is 13.8. The summed E-state index contributed by atoms with van der Waals surface area (Å²) < 4.78 is 27.8. The number of imidazole rings is 1. The number of aromatic nitrogens is 2. The molecular formula is C11H18ClN3O2S. The van der Waals surface area contributed by atoms with Crippen molar-refractivity contribution in [3.05, 3.63) is 11.5 Å². The van der Waals surface area contributed by atoms with Gasteiger partial charge >= 0.3 is 0 Å². The van der Waals surface area contributed by atoms with Crippen LogP contribution in [0.15, 0.2) is 11.4 Å². The van der Waals surface area contributed by atoms with Crippen molar-refractivity contribution in [2.45, 2.75) is 31.2 Å². The smallest absolute Gasteiger partial charge is 0.263 e. The van der Waals surface area contributed by atoms with Crippen LogP contribution in [0.4, 0.5) is 0 Å². The second kappa shape index (κ2) is 5.19. The summed E-state index contributed by atoms with van der Waals surface area (Å²) in [7, 11) is -1.85. The van der Waals surface area contributed by atoms with Crippen molar-refractivity contribution >= 4 is 21.6 Å². The highest BCUT2D eigenvalue weighted by atomic mass is 35.5. The van der Waals surface area contributed by atoms with E-state index in [1.807, 2.05) is 0 Å². The first-order valence-electron chi connectivity index (χ1n) is 6.13. The van der Waals surface area contributed by atoms with E-state index in [1.54, 1.807) is 7.05 Å². The zero-order chi connectivity index (χ0) is 13.3. The van der Waals surface area contributed by atoms with Gasteiger partial charge in [0.15, 0.2) is 0 Å². The summed E-state index contributed by atoms with van der Waals surface area (Å²) in [5, 5.41) is 0.151. The summed E-state index contributed by atoms with van der Waals surface area (Å²) in [6.07, 6.45) is 4.51. The van der Waals surface area contributed by atoms with Crippen molar-refractivity contribution in [1.29, 1.82) is 0 Å². The Morgan fingerprint density at radius 2 is 2.28 bits per heavy atom. The molecule has 1 saturated heterocycles. The second-order valence-corrected chi connectivity index (χ2v) is 6.97. The Labute approximate surface area is 113 Å². The fraction of sp³-hybridized carbons (Fsp3) is 0.727.